The third-order valence-corrected chi connectivity index (χ3v) is 3.86. The van der Waals surface area contributed by atoms with Crippen LogP contribution in [0.3, 0.4) is 0 Å². The van der Waals surface area contributed by atoms with E-state index in [-0.39, 0.29) is 18.1 Å². The van der Waals surface area contributed by atoms with E-state index in [1.54, 1.807) is 0 Å². The molecule has 4 nitrogen and oxygen atoms in total. The molecule has 0 saturated carbocycles. The smallest absolute Gasteiger partial charge is 0.241 e. The quantitative estimate of drug-likeness (QED) is 0.779. The van der Waals surface area contributed by atoms with Gasteiger partial charge in [0.2, 0.25) is 5.91 Å². The van der Waals surface area contributed by atoms with Gasteiger partial charge in [-0.1, -0.05) is 6.92 Å². The molecule has 0 radical (unpaired) electrons. The van der Waals surface area contributed by atoms with Gasteiger partial charge in [-0.3, -0.25) is 10.1 Å². The van der Waals surface area contributed by atoms with E-state index in [1.807, 2.05) is 11.8 Å². The normalized spacial score (nSPS) is 39.7. The molecule has 1 amide bonds. The minimum absolute atomic E-state index is 0.0210. The van der Waals surface area contributed by atoms with Gasteiger partial charge in [0.1, 0.15) is 0 Å². The van der Waals surface area contributed by atoms with E-state index in [2.05, 4.69) is 19.2 Å². The Kier molecular flexibility index (Phi) is 3.50. The molecule has 4 heteroatoms. The Morgan fingerprint density at radius 2 is 2.25 bits per heavy atom. The van der Waals surface area contributed by atoms with Gasteiger partial charge < -0.3 is 9.64 Å². The van der Waals surface area contributed by atoms with Crippen molar-refractivity contribution in [1.29, 1.82) is 0 Å². The molecule has 0 spiro atoms. The van der Waals surface area contributed by atoms with Gasteiger partial charge in [-0.2, -0.15) is 0 Å². The summed E-state index contributed by atoms with van der Waals surface area (Å²) in [6, 6.07) is 0.0210. The lowest BCUT2D eigenvalue weighted by Crippen LogP contribution is -2.39. The standard InChI is InChI=1S/C12H22N2O2/c1-4-11-12(15)14(9(3)13-11)7-10-5-6-16-8(10)2/h8-11,13H,4-7H2,1-3H3. The number of amides is 1. The lowest BCUT2D eigenvalue weighted by atomic mass is 10.0. The zero-order valence-electron chi connectivity index (χ0n) is 10.4. The summed E-state index contributed by atoms with van der Waals surface area (Å²) in [7, 11) is 0. The second-order valence-corrected chi connectivity index (χ2v) is 4.92. The summed E-state index contributed by atoms with van der Waals surface area (Å²) in [5, 5.41) is 3.33. The van der Waals surface area contributed by atoms with Crippen molar-refractivity contribution in [3.63, 3.8) is 0 Å². The summed E-state index contributed by atoms with van der Waals surface area (Å²) in [6.45, 7) is 7.90. The third-order valence-electron chi connectivity index (χ3n) is 3.86. The van der Waals surface area contributed by atoms with Crippen LogP contribution in [-0.2, 0) is 9.53 Å². The molecular formula is C12H22N2O2. The van der Waals surface area contributed by atoms with Crippen LogP contribution in [0.5, 0.6) is 0 Å². The summed E-state index contributed by atoms with van der Waals surface area (Å²) in [5.74, 6) is 0.762. The molecule has 2 aliphatic rings. The van der Waals surface area contributed by atoms with Crippen LogP contribution in [0.1, 0.15) is 33.6 Å². The second kappa shape index (κ2) is 4.72. The van der Waals surface area contributed by atoms with Crippen LogP contribution in [0, 0.1) is 5.92 Å². The Morgan fingerprint density at radius 1 is 1.50 bits per heavy atom. The summed E-state index contributed by atoms with van der Waals surface area (Å²) in [5.41, 5.74) is 0. The van der Waals surface area contributed by atoms with Crippen molar-refractivity contribution in [2.75, 3.05) is 13.2 Å². The van der Waals surface area contributed by atoms with E-state index in [4.69, 9.17) is 4.74 Å². The molecule has 0 aliphatic carbocycles. The predicted octanol–water partition coefficient (Wildman–Crippen LogP) is 0.968. The van der Waals surface area contributed by atoms with Gasteiger partial charge in [-0.15, -0.1) is 0 Å². The Bertz CT molecular complexity index is 270. The maximum absolute atomic E-state index is 12.1. The van der Waals surface area contributed by atoms with Gasteiger partial charge in [0.05, 0.1) is 18.3 Å². The summed E-state index contributed by atoms with van der Waals surface area (Å²) in [6.07, 6.45) is 2.41. The minimum Gasteiger partial charge on any atom is -0.378 e. The van der Waals surface area contributed by atoms with Gasteiger partial charge in [0.25, 0.3) is 0 Å². The number of rotatable bonds is 3. The van der Waals surface area contributed by atoms with Crippen LogP contribution in [0.4, 0.5) is 0 Å². The minimum atomic E-state index is 0.0210. The Hall–Kier alpha value is -0.610. The lowest BCUT2D eigenvalue weighted by molar-refractivity contribution is -0.130. The highest BCUT2D eigenvalue weighted by Crippen LogP contribution is 2.24. The molecule has 2 rings (SSSR count). The van der Waals surface area contributed by atoms with Gasteiger partial charge in [0, 0.05) is 19.1 Å². The summed E-state index contributed by atoms with van der Waals surface area (Å²) < 4.78 is 5.54. The summed E-state index contributed by atoms with van der Waals surface area (Å²) >= 11 is 0. The van der Waals surface area contributed by atoms with Crippen LogP contribution in [0.15, 0.2) is 0 Å². The first-order valence-corrected chi connectivity index (χ1v) is 6.31. The first-order valence-electron chi connectivity index (χ1n) is 6.31. The molecule has 2 heterocycles. The van der Waals surface area contributed by atoms with E-state index >= 15 is 0 Å². The van der Waals surface area contributed by atoms with Crippen molar-refractivity contribution in [2.24, 2.45) is 5.92 Å². The van der Waals surface area contributed by atoms with Crippen molar-refractivity contribution < 1.29 is 9.53 Å². The number of hydrogen-bond donors (Lipinski definition) is 1. The molecule has 4 unspecified atom stereocenters. The topological polar surface area (TPSA) is 41.6 Å². The van der Waals surface area contributed by atoms with Gasteiger partial charge in [0.15, 0.2) is 0 Å². The number of nitrogens with one attached hydrogen (secondary N) is 1. The van der Waals surface area contributed by atoms with Crippen LogP contribution >= 0.6 is 0 Å². The van der Waals surface area contributed by atoms with Crippen LogP contribution in [0.25, 0.3) is 0 Å². The first kappa shape index (κ1) is 11.9. The van der Waals surface area contributed by atoms with E-state index in [0.29, 0.717) is 12.0 Å². The van der Waals surface area contributed by atoms with Gasteiger partial charge >= 0.3 is 0 Å². The maximum atomic E-state index is 12.1. The predicted molar refractivity (Wildman–Crippen MR) is 61.9 cm³/mol. The molecule has 0 aromatic rings. The fraction of sp³-hybridized carbons (Fsp3) is 0.917. The van der Waals surface area contributed by atoms with E-state index in [9.17, 15) is 4.79 Å². The molecule has 1 N–H and O–H groups in total. The molecule has 0 aromatic carbocycles. The van der Waals surface area contributed by atoms with Crippen molar-refractivity contribution in [2.45, 2.75) is 51.9 Å². The highest BCUT2D eigenvalue weighted by molar-refractivity contribution is 5.84. The molecule has 2 aliphatic heterocycles. The molecule has 0 aromatic heterocycles. The molecule has 92 valence electrons. The average molecular weight is 226 g/mol. The highest BCUT2D eigenvalue weighted by Gasteiger charge is 2.38. The van der Waals surface area contributed by atoms with Crippen LogP contribution in [-0.4, -0.2) is 42.3 Å². The second-order valence-electron chi connectivity index (χ2n) is 4.92. The molecule has 2 saturated heterocycles. The zero-order valence-corrected chi connectivity index (χ0v) is 10.4. The number of hydrogen-bond acceptors (Lipinski definition) is 3. The van der Waals surface area contributed by atoms with Crippen LogP contribution < -0.4 is 5.32 Å². The highest BCUT2D eigenvalue weighted by atomic mass is 16.5. The molecule has 16 heavy (non-hydrogen) atoms. The lowest BCUT2D eigenvalue weighted by Gasteiger charge is -2.25. The SMILES string of the molecule is CCC1NC(C)N(CC2CCOC2C)C1=O. The zero-order chi connectivity index (χ0) is 11.7. The van der Waals surface area contributed by atoms with Gasteiger partial charge in [-0.25, -0.2) is 0 Å². The first-order chi connectivity index (χ1) is 7.63. The number of carbonyl (C=O) groups excluding carboxylic acids is 1. The number of ether oxygens (including phenoxy) is 1. The Labute approximate surface area is 97.3 Å². The molecule has 2 fully saturated rings. The van der Waals surface area contributed by atoms with Crippen molar-refractivity contribution >= 4 is 5.91 Å². The fourth-order valence-corrected chi connectivity index (χ4v) is 2.65. The third kappa shape index (κ3) is 2.09. The van der Waals surface area contributed by atoms with Crippen molar-refractivity contribution in [3.8, 4) is 0 Å². The van der Waals surface area contributed by atoms with E-state index in [1.165, 1.54) is 0 Å². The molecular weight excluding hydrogens is 204 g/mol. The molecule has 4 atom stereocenters. The average Bonchev–Trinajstić information content (AvgIpc) is 2.77. The fourth-order valence-electron chi connectivity index (χ4n) is 2.65. The largest absolute Gasteiger partial charge is 0.378 e. The van der Waals surface area contributed by atoms with Gasteiger partial charge in [-0.05, 0) is 26.7 Å². The van der Waals surface area contributed by atoms with Crippen molar-refractivity contribution in [1.82, 2.24) is 10.2 Å². The Balaban J connectivity index is 1.96. The Morgan fingerprint density at radius 3 is 2.75 bits per heavy atom. The monoisotopic (exact) mass is 226 g/mol. The summed E-state index contributed by atoms with van der Waals surface area (Å²) in [4.78, 5) is 14.0. The number of carbonyl (C=O) groups is 1. The molecule has 0 bridgehead atoms. The van der Waals surface area contributed by atoms with E-state index in [0.717, 1.165) is 26.0 Å². The maximum Gasteiger partial charge on any atom is 0.241 e. The van der Waals surface area contributed by atoms with Crippen molar-refractivity contribution in [3.05, 3.63) is 0 Å². The van der Waals surface area contributed by atoms with E-state index < -0.39 is 0 Å². The number of nitrogens with zero attached hydrogens (tertiary/aromatic N) is 1. The van der Waals surface area contributed by atoms with Crippen LogP contribution in [0.2, 0.25) is 0 Å².